The minimum atomic E-state index is 0.960. The summed E-state index contributed by atoms with van der Waals surface area (Å²) < 4.78 is 2.34. The van der Waals surface area contributed by atoms with Crippen molar-refractivity contribution in [3.05, 3.63) is 69.9 Å². The van der Waals surface area contributed by atoms with Crippen molar-refractivity contribution in [3.8, 4) is 0 Å². The van der Waals surface area contributed by atoms with Crippen LogP contribution < -0.4 is 0 Å². The number of hydrogen-bond donors (Lipinski definition) is 0. The van der Waals surface area contributed by atoms with Gasteiger partial charge < -0.3 is 4.57 Å². The van der Waals surface area contributed by atoms with Crippen LogP contribution in [0.5, 0.6) is 0 Å². The molecule has 0 bridgehead atoms. The Balaban J connectivity index is 1.40. The molecule has 0 unspecified atom stereocenters. The smallest absolute Gasteiger partial charge is 0.134 e. The van der Waals surface area contributed by atoms with Crippen LogP contribution in [0.3, 0.4) is 0 Å². The Labute approximate surface area is 146 Å². The van der Waals surface area contributed by atoms with Gasteiger partial charge in [-0.1, -0.05) is 36.4 Å². The molecule has 0 saturated carbocycles. The lowest BCUT2D eigenvalue weighted by Crippen LogP contribution is -2.26. The number of benzene rings is 1. The Morgan fingerprint density at radius 2 is 1.83 bits per heavy atom. The van der Waals surface area contributed by atoms with Gasteiger partial charge in [0, 0.05) is 43.9 Å². The van der Waals surface area contributed by atoms with E-state index in [4.69, 9.17) is 0 Å². The van der Waals surface area contributed by atoms with E-state index in [0.717, 1.165) is 57.1 Å². The number of thiophene rings is 1. The van der Waals surface area contributed by atoms with Gasteiger partial charge in [0.2, 0.25) is 0 Å². The first-order chi connectivity index (χ1) is 11.9. The summed E-state index contributed by atoms with van der Waals surface area (Å²) >= 11 is 1.84. The number of aryl methyl sites for hydroxylation is 2. The van der Waals surface area contributed by atoms with Crippen LogP contribution in [0, 0.1) is 0 Å². The van der Waals surface area contributed by atoms with E-state index in [1.54, 1.807) is 0 Å². The topological polar surface area (TPSA) is 34.0 Å². The van der Waals surface area contributed by atoms with Crippen molar-refractivity contribution >= 4 is 11.3 Å². The molecule has 124 valence electrons. The highest BCUT2D eigenvalue weighted by Crippen LogP contribution is 2.16. The fraction of sp³-hybridized carbons (Fsp3) is 0.368. The van der Waals surface area contributed by atoms with Gasteiger partial charge in [-0.05, 0) is 23.4 Å². The van der Waals surface area contributed by atoms with Crippen molar-refractivity contribution in [3.63, 3.8) is 0 Å². The van der Waals surface area contributed by atoms with Crippen LogP contribution in [0.15, 0.2) is 47.8 Å². The predicted octanol–water partition coefficient (Wildman–Crippen LogP) is 3.18. The van der Waals surface area contributed by atoms with Crippen molar-refractivity contribution in [2.75, 3.05) is 13.1 Å². The second-order valence-corrected chi connectivity index (χ2v) is 7.31. The molecule has 0 fully saturated rings. The highest BCUT2D eigenvalue weighted by molar-refractivity contribution is 7.09. The molecule has 0 spiro atoms. The quantitative estimate of drug-likeness (QED) is 0.716. The molecule has 0 amide bonds. The zero-order valence-corrected chi connectivity index (χ0v) is 14.6. The minimum absolute atomic E-state index is 0.960. The summed E-state index contributed by atoms with van der Waals surface area (Å²) in [6.07, 6.45) is 2.98. The molecule has 4 rings (SSSR count). The minimum Gasteiger partial charge on any atom is -0.314 e. The molecule has 3 aromatic rings. The summed E-state index contributed by atoms with van der Waals surface area (Å²) in [5, 5.41) is 11.1. The molecule has 24 heavy (non-hydrogen) atoms. The fourth-order valence-electron chi connectivity index (χ4n) is 3.29. The van der Waals surface area contributed by atoms with Gasteiger partial charge in [-0.25, -0.2) is 0 Å². The van der Waals surface area contributed by atoms with E-state index in [-0.39, 0.29) is 0 Å². The highest BCUT2D eigenvalue weighted by atomic mass is 32.1. The van der Waals surface area contributed by atoms with Crippen molar-refractivity contribution in [2.45, 2.75) is 32.4 Å². The lowest BCUT2D eigenvalue weighted by Gasteiger charge is -2.18. The molecule has 3 heterocycles. The van der Waals surface area contributed by atoms with E-state index in [2.05, 4.69) is 67.5 Å². The Hall–Kier alpha value is -1.98. The van der Waals surface area contributed by atoms with E-state index >= 15 is 0 Å². The van der Waals surface area contributed by atoms with E-state index in [1.807, 2.05) is 11.3 Å². The number of fused-ring (bicyclic) bond motifs is 1. The third-order valence-corrected chi connectivity index (χ3v) is 5.50. The molecule has 0 N–H and O–H groups in total. The van der Waals surface area contributed by atoms with Crippen LogP contribution in [-0.4, -0.2) is 32.8 Å². The first kappa shape index (κ1) is 15.5. The standard InChI is InChI=1S/C19H22N4S/c1-2-5-16(6-3-1)8-9-18-20-21-19-10-11-22(12-13-23(18)19)15-17-7-4-14-24-17/h1-7,14H,8-13,15H2. The summed E-state index contributed by atoms with van der Waals surface area (Å²) in [5.74, 6) is 2.28. The third-order valence-electron chi connectivity index (χ3n) is 4.64. The SMILES string of the molecule is c1ccc(CCc2nnc3n2CCN(Cc2cccs2)CC3)cc1. The monoisotopic (exact) mass is 338 g/mol. The van der Waals surface area contributed by atoms with Crippen molar-refractivity contribution in [2.24, 2.45) is 0 Å². The maximum absolute atomic E-state index is 4.45. The van der Waals surface area contributed by atoms with Crippen molar-refractivity contribution < 1.29 is 0 Å². The zero-order valence-electron chi connectivity index (χ0n) is 13.8. The number of hydrogen-bond acceptors (Lipinski definition) is 4. The molecule has 4 nitrogen and oxygen atoms in total. The number of rotatable bonds is 5. The molecule has 0 aliphatic carbocycles. The summed E-state index contributed by atoms with van der Waals surface area (Å²) in [5.41, 5.74) is 1.36. The fourth-order valence-corrected chi connectivity index (χ4v) is 4.04. The summed E-state index contributed by atoms with van der Waals surface area (Å²) in [7, 11) is 0. The lowest BCUT2D eigenvalue weighted by atomic mass is 10.1. The molecule has 2 aromatic heterocycles. The van der Waals surface area contributed by atoms with Gasteiger partial charge in [0.05, 0.1) is 0 Å². The van der Waals surface area contributed by atoms with Crippen LogP contribution in [0.25, 0.3) is 0 Å². The second-order valence-electron chi connectivity index (χ2n) is 6.28. The van der Waals surface area contributed by atoms with Crippen LogP contribution in [0.4, 0.5) is 0 Å². The molecular weight excluding hydrogens is 316 g/mol. The Morgan fingerprint density at radius 3 is 2.67 bits per heavy atom. The van der Waals surface area contributed by atoms with Gasteiger partial charge in [-0.15, -0.1) is 21.5 Å². The van der Waals surface area contributed by atoms with Crippen LogP contribution in [-0.2, 0) is 32.4 Å². The largest absolute Gasteiger partial charge is 0.314 e. The van der Waals surface area contributed by atoms with E-state index in [1.165, 1.54) is 10.4 Å². The van der Waals surface area contributed by atoms with Crippen LogP contribution in [0.2, 0.25) is 0 Å². The van der Waals surface area contributed by atoms with Crippen molar-refractivity contribution in [1.29, 1.82) is 0 Å². The average Bonchev–Trinajstić information content (AvgIpc) is 3.21. The molecular formula is C19H22N4S. The van der Waals surface area contributed by atoms with Gasteiger partial charge in [-0.2, -0.15) is 0 Å². The van der Waals surface area contributed by atoms with Gasteiger partial charge >= 0.3 is 0 Å². The highest BCUT2D eigenvalue weighted by Gasteiger charge is 2.18. The van der Waals surface area contributed by atoms with Gasteiger partial charge in [0.15, 0.2) is 0 Å². The maximum Gasteiger partial charge on any atom is 0.134 e. The van der Waals surface area contributed by atoms with Crippen LogP contribution >= 0.6 is 11.3 Å². The molecule has 5 heteroatoms. The van der Waals surface area contributed by atoms with Gasteiger partial charge in [0.25, 0.3) is 0 Å². The summed E-state index contributed by atoms with van der Waals surface area (Å²) in [6.45, 7) is 4.18. The first-order valence-corrected chi connectivity index (χ1v) is 9.46. The maximum atomic E-state index is 4.45. The Morgan fingerprint density at radius 1 is 0.917 bits per heavy atom. The molecule has 1 aromatic carbocycles. The lowest BCUT2D eigenvalue weighted by molar-refractivity contribution is 0.272. The van der Waals surface area contributed by atoms with Gasteiger partial charge in [0.1, 0.15) is 11.6 Å². The van der Waals surface area contributed by atoms with Crippen molar-refractivity contribution in [1.82, 2.24) is 19.7 Å². The summed E-state index contributed by atoms with van der Waals surface area (Å²) in [4.78, 5) is 3.97. The molecule has 0 saturated heterocycles. The van der Waals surface area contributed by atoms with E-state index < -0.39 is 0 Å². The molecule has 0 radical (unpaired) electrons. The average molecular weight is 338 g/mol. The third kappa shape index (κ3) is 3.57. The predicted molar refractivity (Wildman–Crippen MR) is 97.2 cm³/mol. The Bertz CT molecular complexity index is 764. The normalized spacial score (nSPS) is 15.2. The van der Waals surface area contributed by atoms with Gasteiger partial charge in [-0.3, -0.25) is 4.90 Å². The van der Waals surface area contributed by atoms with E-state index in [9.17, 15) is 0 Å². The Kier molecular flexibility index (Phi) is 4.71. The second kappa shape index (κ2) is 7.28. The first-order valence-electron chi connectivity index (χ1n) is 8.58. The number of nitrogens with zero attached hydrogens (tertiary/aromatic N) is 4. The molecule has 1 aliphatic heterocycles. The molecule has 1 aliphatic rings. The molecule has 0 atom stereocenters. The number of aromatic nitrogens is 3. The zero-order chi connectivity index (χ0) is 16.2. The summed E-state index contributed by atoms with van der Waals surface area (Å²) in [6, 6.07) is 15.0. The van der Waals surface area contributed by atoms with E-state index in [0.29, 0.717) is 0 Å². The van der Waals surface area contributed by atoms with Crippen LogP contribution in [0.1, 0.15) is 22.1 Å².